The lowest BCUT2D eigenvalue weighted by molar-refractivity contribution is 0.278. The Bertz CT molecular complexity index is 616. The molecule has 3 rings (SSSR count). The summed E-state index contributed by atoms with van der Waals surface area (Å²) in [5, 5.41) is 27.1. The normalized spacial score (nSPS) is 17.8. The standard InChI is InChI=1S/C10H15N9O/c11-8(14-20)7-17-3-5-18(6-4-17)10-2-1-9-12-15-16-19(9)13-10/h1-2,20H,3-7H2,(H2,11,14). The van der Waals surface area contributed by atoms with Crippen LogP contribution in [0.2, 0.25) is 0 Å². The van der Waals surface area contributed by atoms with E-state index < -0.39 is 0 Å². The summed E-state index contributed by atoms with van der Waals surface area (Å²) in [7, 11) is 0. The molecule has 10 nitrogen and oxygen atoms in total. The number of anilines is 1. The largest absolute Gasteiger partial charge is 0.409 e. The molecule has 1 aliphatic rings. The van der Waals surface area contributed by atoms with Gasteiger partial charge >= 0.3 is 0 Å². The fourth-order valence-corrected chi connectivity index (χ4v) is 2.20. The number of rotatable bonds is 3. The second kappa shape index (κ2) is 5.25. The third-order valence-corrected chi connectivity index (χ3v) is 3.27. The van der Waals surface area contributed by atoms with Crippen LogP contribution < -0.4 is 10.6 Å². The van der Waals surface area contributed by atoms with E-state index in [1.807, 2.05) is 12.1 Å². The first-order chi connectivity index (χ1) is 9.76. The third kappa shape index (κ3) is 2.45. The summed E-state index contributed by atoms with van der Waals surface area (Å²) in [4.78, 5) is 4.28. The Balaban J connectivity index is 1.65. The maximum absolute atomic E-state index is 8.57. The minimum Gasteiger partial charge on any atom is -0.409 e. The Morgan fingerprint density at radius 1 is 1.30 bits per heavy atom. The van der Waals surface area contributed by atoms with Gasteiger partial charge in [-0.05, 0) is 22.6 Å². The lowest BCUT2D eigenvalue weighted by atomic mass is 10.3. The van der Waals surface area contributed by atoms with Crippen LogP contribution in [-0.2, 0) is 0 Å². The summed E-state index contributed by atoms with van der Waals surface area (Å²) in [6.07, 6.45) is 0. The van der Waals surface area contributed by atoms with Crippen LogP contribution in [0, 0.1) is 0 Å². The van der Waals surface area contributed by atoms with E-state index in [0.29, 0.717) is 12.2 Å². The predicted molar refractivity (Wildman–Crippen MR) is 70.6 cm³/mol. The Morgan fingerprint density at radius 3 is 2.85 bits per heavy atom. The molecule has 1 aliphatic heterocycles. The van der Waals surface area contributed by atoms with Crippen LogP contribution in [0.4, 0.5) is 5.82 Å². The molecule has 0 aromatic carbocycles. The molecule has 20 heavy (non-hydrogen) atoms. The average molecular weight is 277 g/mol. The maximum Gasteiger partial charge on any atom is 0.200 e. The second-order valence-corrected chi connectivity index (χ2v) is 4.57. The van der Waals surface area contributed by atoms with Gasteiger partial charge in [0.05, 0.1) is 6.54 Å². The highest BCUT2D eigenvalue weighted by molar-refractivity contribution is 5.81. The van der Waals surface area contributed by atoms with Crippen molar-refractivity contribution in [2.24, 2.45) is 10.9 Å². The molecule has 3 heterocycles. The molecule has 0 bridgehead atoms. The molecule has 0 unspecified atom stereocenters. The predicted octanol–water partition coefficient (Wildman–Crippen LogP) is -1.61. The first-order valence-electron chi connectivity index (χ1n) is 6.25. The highest BCUT2D eigenvalue weighted by atomic mass is 16.4. The SMILES string of the molecule is N/C(CN1CCN(c2ccc3nnnn3n2)CC1)=N/O. The molecule has 2 aromatic rings. The van der Waals surface area contributed by atoms with E-state index in [1.54, 1.807) is 0 Å². The molecule has 0 amide bonds. The minimum absolute atomic E-state index is 0.228. The van der Waals surface area contributed by atoms with Crippen molar-refractivity contribution < 1.29 is 5.21 Å². The summed E-state index contributed by atoms with van der Waals surface area (Å²) >= 11 is 0. The van der Waals surface area contributed by atoms with Gasteiger partial charge in [0, 0.05) is 26.2 Å². The molecular weight excluding hydrogens is 262 g/mol. The van der Waals surface area contributed by atoms with Gasteiger partial charge in [-0.2, -0.15) is 0 Å². The number of hydrogen-bond acceptors (Lipinski definition) is 8. The van der Waals surface area contributed by atoms with E-state index in [1.165, 1.54) is 4.63 Å². The van der Waals surface area contributed by atoms with Crippen molar-refractivity contribution in [1.82, 2.24) is 30.2 Å². The highest BCUT2D eigenvalue weighted by Gasteiger charge is 2.19. The van der Waals surface area contributed by atoms with Crippen molar-refractivity contribution in [2.75, 3.05) is 37.6 Å². The quantitative estimate of drug-likeness (QED) is 0.297. The van der Waals surface area contributed by atoms with Gasteiger partial charge in [0.2, 0.25) is 0 Å². The van der Waals surface area contributed by atoms with Crippen LogP contribution in [-0.4, -0.2) is 73.9 Å². The van der Waals surface area contributed by atoms with E-state index in [-0.39, 0.29) is 5.84 Å². The van der Waals surface area contributed by atoms with E-state index in [9.17, 15) is 0 Å². The van der Waals surface area contributed by atoms with Crippen LogP contribution in [0.25, 0.3) is 5.65 Å². The summed E-state index contributed by atoms with van der Waals surface area (Å²) in [6, 6.07) is 3.75. The number of piperazine rings is 1. The molecule has 0 atom stereocenters. The fourth-order valence-electron chi connectivity index (χ4n) is 2.20. The van der Waals surface area contributed by atoms with Gasteiger partial charge in [-0.25, -0.2) is 0 Å². The number of aromatic nitrogens is 5. The molecule has 1 saturated heterocycles. The zero-order valence-electron chi connectivity index (χ0n) is 10.8. The molecule has 10 heteroatoms. The van der Waals surface area contributed by atoms with Crippen molar-refractivity contribution in [2.45, 2.75) is 0 Å². The topological polar surface area (TPSA) is 121 Å². The van der Waals surface area contributed by atoms with Crippen LogP contribution in [0.1, 0.15) is 0 Å². The van der Waals surface area contributed by atoms with E-state index in [4.69, 9.17) is 10.9 Å². The number of amidine groups is 1. The van der Waals surface area contributed by atoms with Crippen molar-refractivity contribution in [1.29, 1.82) is 0 Å². The molecule has 0 radical (unpaired) electrons. The monoisotopic (exact) mass is 277 g/mol. The number of hydrogen-bond donors (Lipinski definition) is 2. The molecule has 3 N–H and O–H groups in total. The maximum atomic E-state index is 8.57. The summed E-state index contributed by atoms with van der Waals surface area (Å²) in [6.45, 7) is 3.76. The third-order valence-electron chi connectivity index (χ3n) is 3.27. The molecule has 0 spiro atoms. The van der Waals surface area contributed by atoms with Crippen LogP contribution in [0.5, 0.6) is 0 Å². The van der Waals surface area contributed by atoms with Gasteiger partial charge in [0.15, 0.2) is 17.3 Å². The van der Waals surface area contributed by atoms with Gasteiger partial charge in [0.1, 0.15) is 0 Å². The Morgan fingerprint density at radius 2 is 2.10 bits per heavy atom. The van der Waals surface area contributed by atoms with Crippen molar-refractivity contribution in [3.63, 3.8) is 0 Å². The van der Waals surface area contributed by atoms with Gasteiger partial charge in [0.25, 0.3) is 0 Å². The lowest BCUT2D eigenvalue weighted by Crippen LogP contribution is -2.49. The fraction of sp³-hybridized carbons (Fsp3) is 0.500. The number of oxime groups is 1. The minimum atomic E-state index is 0.228. The number of nitrogens with two attached hydrogens (primary N) is 1. The highest BCUT2D eigenvalue weighted by Crippen LogP contribution is 2.13. The van der Waals surface area contributed by atoms with E-state index in [0.717, 1.165) is 32.0 Å². The first kappa shape index (κ1) is 12.5. The Labute approximate surface area is 114 Å². The second-order valence-electron chi connectivity index (χ2n) is 4.57. The van der Waals surface area contributed by atoms with Gasteiger partial charge in [-0.1, -0.05) is 5.16 Å². The van der Waals surface area contributed by atoms with Crippen molar-refractivity contribution in [3.05, 3.63) is 12.1 Å². The van der Waals surface area contributed by atoms with E-state index >= 15 is 0 Å². The Kier molecular flexibility index (Phi) is 3.29. The first-order valence-corrected chi connectivity index (χ1v) is 6.25. The molecular formula is C10H15N9O. The average Bonchev–Trinajstić information content (AvgIpc) is 2.95. The van der Waals surface area contributed by atoms with Crippen molar-refractivity contribution in [3.8, 4) is 0 Å². The van der Waals surface area contributed by atoms with Gasteiger partial charge in [-0.3, -0.25) is 4.90 Å². The van der Waals surface area contributed by atoms with E-state index in [2.05, 4.69) is 35.6 Å². The summed E-state index contributed by atoms with van der Waals surface area (Å²) in [5.41, 5.74) is 6.13. The lowest BCUT2D eigenvalue weighted by Gasteiger charge is -2.34. The molecule has 106 valence electrons. The van der Waals surface area contributed by atoms with Gasteiger partial charge in [-0.15, -0.1) is 14.8 Å². The molecule has 0 aliphatic carbocycles. The van der Waals surface area contributed by atoms with Crippen LogP contribution >= 0.6 is 0 Å². The molecule has 0 saturated carbocycles. The molecule has 1 fully saturated rings. The number of nitrogens with zero attached hydrogens (tertiary/aromatic N) is 8. The van der Waals surface area contributed by atoms with Gasteiger partial charge < -0.3 is 15.8 Å². The number of fused-ring (bicyclic) bond motifs is 1. The smallest absolute Gasteiger partial charge is 0.200 e. The summed E-state index contributed by atoms with van der Waals surface area (Å²) in [5.74, 6) is 1.07. The van der Waals surface area contributed by atoms with Crippen LogP contribution in [0.15, 0.2) is 17.3 Å². The zero-order chi connectivity index (χ0) is 13.9. The zero-order valence-corrected chi connectivity index (χ0v) is 10.8. The summed E-state index contributed by atoms with van der Waals surface area (Å²) < 4.78 is 1.41. The molecule has 2 aromatic heterocycles. The number of tetrazole rings is 1. The van der Waals surface area contributed by atoms with Crippen LogP contribution in [0.3, 0.4) is 0 Å². The van der Waals surface area contributed by atoms with Crippen molar-refractivity contribution >= 4 is 17.3 Å². The Hall–Kier alpha value is -2.49.